The van der Waals surface area contributed by atoms with Crippen molar-refractivity contribution in [1.82, 2.24) is 20.5 Å². The summed E-state index contributed by atoms with van der Waals surface area (Å²) in [6.07, 6.45) is 1.82. The van der Waals surface area contributed by atoms with Crippen LogP contribution in [0.2, 0.25) is 0 Å². The normalized spacial score (nSPS) is 11.9. The number of alkyl carbamates (subject to hydrolysis) is 1. The Morgan fingerprint density at radius 2 is 1.73 bits per heavy atom. The van der Waals surface area contributed by atoms with Crippen molar-refractivity contribution in [3.05, 3.63) is 28.7 Å². The van der Waals surface area contributed by atoms with E-state index in [2.05, 4.69) is 21.3 Å². The second-order valence-corrected chi connectivity index (χ2v) is 9.57. The minimum absolute atomic E-state index is 0.117. The highest BCUT2D eigenvalue weighted by molar-refractivity contribution is 6.36. The van der Waals surface area contributed by atoms with Crippen LogP contribution >= 0.6 is 0 Å². The number of aromatic nitrogens is 1. The van der Waals surface area contributed by atoms with E-state index < -0.39 is 40.9 Å². The number of nitrogens with one attached hydrogen (secondary N) is 4. The number of pyridine rings is 1. The smallest absolute Gasteiger partial charge is 0.408 e. The first-order chi connectivity index (χ1) is 17.3. The highest BCUT2D eigenvalue weighted by atomic mass is 16.6. The van der Waals surface area contributed by atoms with Crippen LogP contribution in [0.25, 0.3) is 0 Å². The summed E-state index contributed by atoms with van der Waals surface area (Å²) in [5.74, 6) is -2.38. The summed E-state index contributed by atoms with van der Waals surface area (Å²) in [5.41, 5.74) is -1.58. The van der Waals surface area contributed by atoms with Crippen LogP contribution in [0.5, 0.6) is 0 Å². The predicted molar refractivity (Wildman–Crippen MR) is 138 cm³/mol. The van der Waals surface area contributed by atoms with Gasteiger partial charge in [-0.2, -0.15) is 0 Å². The highest BCUT2D eigenvalue weighted by Crippen LogP contribution is 2.10. The largest absolute Gasteiger partial charge is 0.444 e. The van der Waals surface area contributed by atoms with E-state index in [9.17, 15) is 28.8 Å². The third kappa shape index (κ3) is 11.3. The highest BCUT2D eigenvalue weighted by Gasteiger charge is 2.27. The standard InChI is InChI=1S/C25H39N5O7/c1-7-16(8-2)14-27-20(32)15-30-13-9-10-18(23(30)35)28-21(33)17(11-12-19(31)22(34)26-6)29-24(36)37-25(3,4)5/h9-10,13,16-17H,7-8,11-12,14-15H2,1-6H3,(H,26,34)(H,27,32)(H,28,33)(H,29,36)/t17-/m0/s1. The Morgan fingerprint density at radius 3 is 2.30 bits per heavy atom. The number of carbonyl (C=O) groups is 5. The van der Waals surface area contributed by atoms with Crippen LogP contribution in [0.3, 0.4) is 0 Å². The number of ketones is 1. The molecule has 37 heavy (non-hydrogen) atoms. The minimum Gasteiger partial charge on any atom is -0.444 e. The quantitative estimate of drug-likeness (QED) is 0.284. The van der Waals surface area contributed by atoms with E-state index in [0.29, 0.717) is 12.5 Å². The number of hydrogen-bond donors (Lipinski definition) is 4. The van der Waals surface area contributed by atoms with Crippen molar-refractivity contribution in [2.45, 2.75) is 78.5 Å². The number of hydrogen-bond acceptors (Lipinski definition) is 7. The molecule has 0 fully saturated rings. The molecule has 0 saturated heterocycles. The number of rotatable bonds is 13. The van der Waals surface area contributed by atoms with Crippen LogP contribution in [0.15, 0.2) is 23.1 Å². The molecule has 0 aliphatic heterocycles. The van der Waals surface area contributed by atoms with Crippen LogP contribution < -0.4 is 26.8 Å². The third-order valence-corrected chi connectivity index (χ3v) is 5.48. The van der Waals surface area contributed by atoms with Gasteiger partial charge in [0, 0.05) is 26.2 Å². The Hall–Kier alpha value is -3.70. The van der Waals surface area contributed by atoms with E-state index in [-0.39, 0.29) is 31.0 Å². The van der Waals surface area contributed by atoms with Gasteiger partial charge in [0.2, 0.25) is 17.6 Å². The van der Waals surface area contributed by atoms with Crippen LogP contribution in [0.4, 0.5) is 10.5 Å². The Bertz CT molecular complexity index is 1020. The Morgan fingerprint density at radius 1 is 1.08 bits per heavy atom. The van der Waals surface area contributed by atoms with E-state index in [1.54, 1.807) is 20.8 Å². The van der Waals surface area contributed by atoms with Gasteiger partial charge in [0.15, 0.2) is 0 Å². The molecular weight excluding hydrogens is 482 g/mol. The Balaban J connectivity index is 2.99. The van der Waals surface area contributed by atoms with Crippen LogP contribution in [-0.4, -0.2) is 59.4 Å². The molecule has 0 aliphatic carbocycles. The lowest BCUT2D eigenvalue weighted by molar-refractivity contribution is -0.137. The molecule has 0 aliphatic rings. The number of likely N-dealkylation sites (N-methyl/N-ethyl adjacent to an activating group) is 1. The molecule has 4 N–H and O–H groups in total. The SMILES string of the molecule is CCC(CC)CNC(=O)Cn1cccc(NC(=O)[C@H](CCC(=O)C(=O)NC)NC(=O)OC(C)(C)C)c1=O. The van der Waals surface area contributed by atoms with Gasteiger partial charge < -0.3 is 30.6 Å². The molecule has 0 aromatic carbocycles. The fraction of sp³-hybridized carbons (Fsp3) is 0.600. The van der Waals surface area contributed by atoms with Gasteiger partial charge >= 0.3 is 6.09 Å². The maximum absolute atomic E-state index is 13.0. The summed E-state index contributed by atoms with van der Waals surface area (Å²) in [7, 11) is 1.30. The van der Waals surface area contributed by atoms with Gasteiger partial charge in [-0.05, 0) is 45.2 Å². The molecule has 0 spiro atoms. The van der Waals surface area contributed by atoms with Gasteiger partial charge in [-0.1, -0.05) is 26.7 Å². The number of anilines is 1. The average molecular weight is 522 g/mol. The Kier molecular flexibility index (Phi) is 12.5. The molecule has 1 aromatic heterocycles. The van der Waals surface area contributed by atoms with Crippen LogP contribution in [0, 0.1) is 5.92 Å². The zero-order chi connectivity index (χ0) is 28.2. The van der Waals surface area contributed by atoms with Crippen molar-refractivity contribution in [2.24, 2.45) is 5.92 Å². The van der Waals surface area contributed by atoms with Gasteiger partial charge in [-0.3, -0.25) is 24.0 Å². The average Bonchev–Trinajstić information content (AvgIpc) is 2.82. The monoisotopic (exact) mass is 521 g/mol. The molecule has 1 aromatic rings. The number of nitrogens with zero attached hydrogens (tertiary/aromatic N) is 1. The van der Waals surface area contributed by atoms with Crippen molar-refractivity contribution < 1.29 is 28.7 Å². The first kappa shape index (κ1) is 31.3. The third-order valence-electron chi connectivity index (χ3n) is 5.48. The lowest BCUT2D eigenvalue weighted by Gasteiger charge is -2.23. The van der Waals surface area contributed by atoms with E-state index in [4.69, 9.17) is 4.74 Å². The Labute approximate surface area is 216 Å². The maximum Gasteiger partial charge on any atom is 0.408 e. The molecule has 0 radical (unpaired) electrons. The fourth-order valence-electron chi connectivity index (χ4n) is 3.27. The van der Waals surface area contributed by atoms with Gasteiger partial charge in [-0.25, -0.2) is 4.79 Å². The molecule has 1 atom stereocenters. The zero-order valence-corrected chi connectivity index (χ0v) is 22.4. The van der Waals surface area contributed by atoms with Crippen molar-refractivity contribution >= 4 is 35.3 Å². The number of Topliss-reactive ketones (excluding diaryl/α,β-unsaturated/α-hetero) is 1. The number of amides is 4. The molecule has 0 saturated carbocycles. The summed E-state index contributed by atoms with van der Waals surface area (Å²) in [4.78, 5) is 73.9. The molecule has 206 valence electrons. The molecule has 0 bridgehead atoms. The first-order valence-corrected chi connectivity index (χ1v) is 12.3. The lowest BCUT2D eigenvalue weighted by Crippen LogP contribution is -2.47. The van der Waals surface area contributed by atoms with Crippen LogP contribution in [0.1, 0.15) is 60.3 Å². The second-order valence-electron chi connectivity index (χ2n) is 9.57. The fourth-order valence-corrected chi connectivity index (χ4v) is 3.27. The summed E-state index contributed by atoms with van der Waals surface area (Å²) >= 11 is 0. The van der Waals surface area contributed by atoms with Gasteiger partial charge in [0.25, 0.3) is 11.5 Å². The summed E-state index contributed by atoms with van der Waals surface area (Å²) in [5, 5.41) is 9.83. The molecule has 4 amide bonds. The van der Waals surface area contributed by atoms with Crippen molar-refractivity contribution in [3.8, 4) is 0 Å². The minimum atomic E-state index is -1.28. The van der Waals surface area contributed by atoms with Gasteiger partial charge in [-0.15, -0.1) is 0 Å². The molecule has 0 unspecified atom stereocenters. The molecule has 1 heterocycles. The molecule has 1 rings (SSSR count). The number of carbonyl (C=O) groups excluding carboxylic acids is 5. The van der Waals surface area contributed by atoms with Gasteiger partial charge in [0.05, 0.1) is 0 Å². The summed E-state index contributed by atoms with van der Waals surface area (Å²) in [6, 6.07) is 1.58. The van der Waals surface area contributed by atoms with Crippen LogP contribution in [-0.2, 0) is 30.5 Å². The zero-order valence-electron chi connectivity index (χ0n) is 22.4. The number of ether oxygens (including phenoxy) is 1. The molecular formula is C25H39N5O7. The van der Waals surface area contributed by atoms with Crippen molar-refractivity contribution in [2.75, 3.05) is 18.9 Å². The predicted octanol–water partition coefficient (Wildman–Crippen LogP) is 1.33. The maximum atomic E-state index is 13.0. The summed E-state index contributed by atoms with van der Waals surface area (Å²) < 4.78 is 6.34. The topological polar surface area (TPSA) is 165 Å². The van der Waals surface area contributed by atoms with E-state index in [1.807, 2.05) is 13.8 Å². The second kappa shape index (κ2) is 14.8. The van der Waals surface area contributed by atoms with Crippen molar-refractivity contribution in [3.63, 3.8) is 0 Å². The van der Waals surface area contributed by atoms with Crippen molar-refractivity contribution in [1.29, 1.82) is 0 Å². The summed E-state index contributed by atoms with van der Waals surface area (Å²) in [6.45, 7) is 9.28. The van der Waals surface area contributed by atoms with E-state index in [0.717, 1.165) is 17.4 Å². The van der Waals surface area contributed by atoms with Gasteiger partial charge in [0.1, 0.15) is 23.9 Å². The first-order valence-electron chi connectivity index (χ1n) is 12.3. The molecule has 12 nitrogen and oxygen atoms in total. The van der Waals surface area contributed by atoms with E-state index in [1.165, 1.54) is 25.4 Å². The molecule has 12 heteroatoms. The lowest BCUT2D eigenvalue weighted by atomic mass is 10.0. The van der Waals surface area contributed by atoms with E-state index >= 15 is 0 Å².